The Labute approximate surface area is 115 Å². The standard InChI is InChI=1S/C13H24N6/c1-10(2)9-18-4-6-19(7-5-18)12-8-11(15-3)16-13(14)17-12/h8,10H,4-7,9H2,1-3H3,(H3,14,15,16,17). The van der Waals surface area contributed by atoms with Crippen LogP contribution in [0.1, 0.15) is 13.8 Å². The number of nitrogens with one attached hydrogen (secondary N) is 1. The fraction of sp³-hybridized carbons (Fsp3) is 0.692. The van der Waals surface area contributed by atoms with Crippen LogP contribution in [0.2, 0.25) is 0 Å². The molecule has 19 heavy (non-hydrogen) atoms. The lowest BCUT2D eigenvalue weighted by Gasteiger charge is -2.36. The lowest BCUT2D eigenvalue weighted by Crippen LogP contribution is -2.47. The SMILES string of the molecule is CNc1cc(N2CCN(CC(C)C)CC2)nc(N)n1. The van der Waals surface area contributed by atoms with Gasteiger partial charge in [-0.3, -0.25) is 4.90 Å². The van der Waals surface area contributed by atoms with Gasteiger partial charge in [-0.1, -0.05) is 13.8 Å². The van der Waals surface area contributed by atoms with E-state index in [4.69, 9.17) is 5.73 Å². The average molecular weight is 264 g/mol. The van der Waals surface area contributed by atoms with E-state index in [0.29, 0.717) is 5.95 Å². The van der Waals surface area contributed by atoms with Gasteiger partial charge in [0.15, 0.2) is 0 Å². The molecule has 2 rings (SSSR count). The van der Waals surface area contributed by atoms with Crippen molar-refractivity contribution in [1.29, 1.82) is 0 Å². The maximum Gasteiger partial charge on any atom is 0.223 e. The Balaban J connectivity index is 1.99. The number of nitrogen functional groups attached to an aromatic ring is 1. The molecule has 0 atom stereocenters. The average Bonchev–Trinajstić information content (AvgIpc) is 2.38. The highest BCUT2D eigenvalue weighted by molar-refractivity contribution is 5.52. The van der Waals surface area contributed by atoms with E-state index in [-0.39, 0.29) is 0 Å². The van der Waals surface area contributed by atoms with Crippen molar-refractivity contribution < 1.29 is 0 Å². The predicted molar refractivity (Wildman–Crippen MR) is 79.5 cm³/mol. The van der Waals surface area contributed by atoms with E-state index >= 15 is 0 Å². The molecule has 6 nitrogen and oxygen atoms in total. The van der Waals surface area contributed by atoms with E-state index in [9.17, 15) is 0 Å². The van der Waals surface area contributed by atoms with E-state index < -0.39 is 0 Å². The molecule has 0 aromatic carbocycles. The number of hydrogen-bond acceptors (Lipinski definition) is 6. The minimum atomic E-state index is 0.325. The molecular formula is C13H24N6. The second-order valence-electron chi connectivity index (χ2n) is 5.40. The van der Waals surface area contributed by atoms with Crippen molar-refractivity contribution in [3.8, 4) is 0 Å². The van der Waals surface area contributed by atoms with Crippen molar-refractivity contribution in [2.24, 2.45) is 5.92 Å². The van der Waals surface area contributed by atoms with Crippen LogP contribution in [0.3, 0.4) is 0 Å². The molecule has 0 saturated carbocycles. The number of hydrogen-bond donors (Lipinski definition) is 2. The van der Waals surface area contributed by atoms with Crippen LogP contribution in [-0.4, -0.2) is 54.6 Å². The minimum Gasteiger partial charge on any atom is -0.373 e. The monoisotopic (exact) mass is 264 g/mol. The van der Waals surface area contributed by atoms with Crippen molar-refractivity contribution >= 4 is 17.6 Å². The molecular weight excluding hydrogens is 240 g/mol. The van der Waals surface area contributed by atoms with Crippen LogP contribution < -0.4 is 16.0 Å². The summed E-state index contributed by atoms with van der Waals surface area (Å²) in [5.74, 6) is 2.73. The van der Waals surface area contributed by atoms with E-state index in [0.717, 1.165) is 43.7 Å². The van der Waals surface area contributed by atoms with Gasteiger partial charge in [-0.25, -0.2) is 0 Å². The smallest absolute Gasteiger partial charge is 0.223 e. The third-order valence-electron chi connectivity index (χ3n) is 3.31. The molecule has 2 heterocycles. The van der Waals surface area contributed by atoms with Crippen LogP contribution in [0.25, 0.3) is 0 Å². The van der Waals surface area contributed by atoms with Crippen molar-refractivity contribution in [2.45, 2.75) is 13.8 Å². The van der Waals surface area contributed by atoms with Gasteiger partial charge in [-0.15, -0.1) is 0 Å². The van der Waals surface area contributed by atoms with Crippen molar-refractivity contribution in [3.05, 3.63) is 6.07 Å². The normalized spacial score (nSPS) is 16.9. The number of nitrogens with two attached hydrogens (primary N) is 1. The van der Waals surface area contributed by atoms with Gasteiger partial charge in [0, 0.05) is 45.8 Å². The molecule has 1 aromatic heterocycles. The number of rotatable bonds is 4. The topological polar surface area (TPSA) is 70.3 Å². The van der Waals surface area contributed by atoms with E-state index in [1.54, 1.807) is 0 Å². The molecule has 1 fully saturated rings. The zero-order valence-corrected chi connectivity index (χ0v) is 12.1. The molecule has 0 amide bonds. The zero-order chi connectivity index (χ0) is 13.8. The van der Waals surface area contributed by atoms with Crippen LogP contribution in [0.15, 0.2) is 6.07 Å². The summed E-state index contributed by atoms with van der Waals surface area (Å²) in [6, 6.07) is 1.95. The highest BCUT2D eigenvalue weighted by atomic mass is 15.3. The van der Waals surface area contributed by atoms with E-state index in [1.807, 2.05) is 13.1 Å². The fourth-order valence-corrected chi connectivity index (χ4v) is 2.42. The van der Waals surface area contributed by atoms with Crippen molar-refractivity contribution in [3.63, 3.8) is 0 Å². The maximum absolute atomic E-state index is 5.74. The van der Waals surface area contributed by atoms with E-state index in [2.05, 4.69) is 38.9 Å². The van der Waals surface area contributed by atoms with Gasteiger partial charge in [-0.2, -0.15) is 9.97 Å². The highest BCUT2D eigenvalue weighted by Gasteiger charge is 2.19. The molecule has 0 unspecified atom stereocenters. The Kier molecular flexibility index (Phi) is 4.42. The molecule has 1 aliphatic heterocycles. The first-order valence-electron chi connectivity index (χ1n) is 6.88. The van der Waals surface area contributed by atoms with Gasteiger partial charge in [0.25, 0.3) is 0 Å². The Morgan fingerprint density at radius 1 is 1.26 bits per heavy atom. The van der Waals surface area contributed by atoms with Crippen LogP contribution in [0.4, 0.5) is 17.6 Å². The largest absolute Gasteiger partial charge is 0.373 e. The van der Waals surface area contributed by atoms with Crippen molar-refractivity contribution in [2.75, 3.05) is 55.7 Å². The number of anilines is 3. The molecule has 0 aliphatic carbocycles. The summed E-state index contributed by atoms with van der Waals surface area (Å²) < 4.78 is 0. The lowest BCUT2D eigenvalue weighted by atomic mass is 10.2. The van der Waals surface area contributed by atoms with Gasteiger partial charge in [0.1, 0.15) is 11.6 Å². The first-order valence-corrected chi connectivity index (χ1v) is 6.88. The van der Waals surface area contributed by atoms with Crippen LogP contribution in [0, 0.1) is 5.92 Å². The predicted octanol–water partition coefficient (Wildman–Crippen LogP) is 0.879. The number of piperazine rings is 1. The molecule has 0 spiro atoms. The van der Waals surface area contributed by atoms with Crippen LogP contribution in [-0.2, 0) is 0 Å². The Morgan fingerprint density at radius 2 is 1.95 bits per heavy atom. The summed E-state index contributed by atoms with van der Waals surface area (Å²) in [6.45, 7) is 9.83. The van der Waals surface area contributed by atoms with Crippen LogP contribution in [0.5, 0.6) is 0 Å². The number of nitrogens with zero attached hydrogens (tertiary/aromatic N) is 4. The summed E-state index contributed by atoms with van der Waals surface area (Å²) in [5.41, 5.74) is 5.74. The summed E-state index contributed by atoms with van der Waals surface area (Å²) >= 11 is 0. The molecule has 1 aromatic rings. The highest BCUT2D eigenvalue weighted by Crippen LogP contribution is 2.18. The lowest BCUT2D eigenvalue weighted by molar-refractivity contribution is 0.231. The molecule has 6 heteroatoms. The number of aromatic nitrogens is 2. The van der Waals surface area contributed by atoms with Gasteiger partial charge in [-0.05, 0) is 5.92 Å². The summed E-state index contributed by atoms with van der Waals surface area (Å²) in [7, 11) is 1.84. The second kappa shape index (κ2) is 6.06. The zero-order valence-electron chi connectivity index (χ0n) is 12.1. The van der Waals surface area contributed by atoms with Gasteiger partial charge >= 0.3 is 0 Å². The first kappa shape index (κ1) is 13.9. The minimum absolute atomic E-state index is 0.325. The molecule has 1 aliphatic rings. The summed E-state index contributed by atoms with van der Waals surface area (Å²) in [5, 5.41) is 3.01. The Morgan fingerprint density at radius 3 is 2.53 bits per heavy atom. The summed E-state index contributed by atoms with van der Waals surface area (Å²) in [6.07, 6.45) is 0. The molecule has 3 N–H and O–H groups in total. The van der Waals surface area contributed by atoms with Gasteiger partial charge in [0.2, 0.25) is 5.95 Å². The van der Waals surface area contributed by atoms with Gasteiger partial charge < -0.3 is 16.0 Å². The van der Waals surface area contributed by atoms with Crippen LogP contribution >= 0.6 is 0 Å². The quantitative estimate of drug-likeness (QED) is 0.841. The Bertz CT molecular complexity index is 412. The van der Waals surface area contributed by atoms with Crippen molar-refractivity contribution in [1.82, 2.24) is 14.9 Å². The molecule has 106 valence electrons. The second-order valence-corrected chi connectivity index (χ2v) is 5.40. The molecule has 0 radical (unpaired) electrons. The Hall–Kier alpha value is -1.56. The fourth-order valence-electron chi connectivity index (χ4n) is 2.42. The third kappa shape index (κ3) is 3.70. The summed E-state index contributed by atoms with van der Waals surface area (Å²) in [4.78, 5) is 13.2. The molecule has 0 bridgehead atoms. The maximum atomic E-state index is 5.74. The van der Waals surface area contributed by atoms with Gasteiger partial charge in [0.05, 0.1) is 0 Å². The first-order chi connectivity index (χ1) is 9.08. The third-order valence-corrected chi connectivity index (χ3v) is 3.31. The molecule has 1 saturated heterocycles. The van der Waals surface area contributed by atoms with E-state index in [1.165, 1.54) is 6.54 Å².